The second-order valence-electron chi connectivity index (χ2n) is 7.22. The Morgan fingerprint density at radius 2 is 2.12 bits per heavy atom. The molecule has 0 aromatic heterocycles. The number of rotatable bonds is 2. The number of ether oxygens (including phenoxy) is 2. The smallest absolute Gasteiger partial charge is 0.230 e. The van der Waals surface area contributed by atoms with E-state index in [0.717, 1.165) is 37.9 Å². The van der Waals surface area contributed by atoms with Crippen molar-refractivity contribution in [3.05, 3.63) is 23.8 Å². The molecule has 3 aliphatic rings. The van der Waals surface area contributed by atoms with E-state index in [-0.39, 0.29) is 23.8 Å². The standard InChI is InChI=1S/C19H24N2O4/c1-24-13-3-4-16-14(11-13)15(12-17(22)20-16)18(23)21-8-6-19(7-9-21)5-2-10-25-19/h3-4,11,15H,2,5-10,12H2,1H3,(H,20,22). The number of carbonyl (C=O) groups is 2. The van der Waals surface area contributed by atoms with Gasteiger partial charge in [-0.15, -0.1) is 0 Å². The average molecular weight is 344 g/mol. The lowest BCUT2D eigenvalue weighted by Gasteiger charge is -2.40. The number of likely N-dealkylation sites (tertiary alicyclic amines) is 1. The van der Waals surface area contributed by atoms with Crippen LogP contribution in [0.25, 0.3) is 0 Å². The summed E-state index contributed by atoms with van der Waals surface area (Å²) in [5.41, 5.74) is 1.55. The third kappa shape index (κ3) is 2.99. The molecule has 2 fully saturated rings. The van der Waals surface area contributed by atoms with Crippen molar-refractivity contribution < 1.29 is 19.1 Å². The van der Waals surface area contributed by atoms with Crippen LogP contribution in [0.2, 0.25) is 0 Å². The number of hydrogen-bond donors (Lipinski definition) is 1. The second-order valence-corrected chi connectivity index (χ2v) is 7.22. The van der Waals surface area contributed by atoms with Crippen molar-refractivity contribution in [2.75, 3.05) is 32.1 Å². The van der Waals surface area contributed by atoms with Crippen LogP contribution in [-0.2, 0) is 14.3 Å². The Kier molecular flexibility index (Phi) is 4.15. The Morgan fingerprint density at radius 3 is 2.80 bits per heavy atom. The zero-order valence-corrected chi connectivity index (χ0v) is 14.5. The van der Waals surface area contributed by atoms with Gasteiger partial charge in [0.2, 0.25) is 11.8 Å². The number of benzene rings is 1. The largest absolute Gasteiger partial charge is 0.497 e. The first-order valence-electron chi connectivity index (χ1n) is 9.01. The van der Waals surface area contributed by atoms with Gasteiger partial charge in [-0.05, 0) is 49.4 Å². The summed E-state index contributed by atoms with van der Waals surface area (Å²) in [6, 6.07) is 5.47. The van der Waals surface area contributed by atoms with Crippen molar-refractivity contribution in [2.24, 2.45) is 0 Å². The number of methoxy groups -OCH3 is 1. The Balaban J connectivity index is 1.53. The summed E-state index contributed by atoms with van der Waals surface area (Å²) < 4.78 is 11.2. The summed E-state index contributed by atoms with van der Waals surface area (Å²) in [6.07, 6.45) is 4.19. The third-order valence-corrected chi connectivity index (χ3v) is 5.77. The fourth-order valence-electron chi connectivity index (χ4n) is 4.29. The molecule has 2 saturated heterocycles. The van der Waals surface area contributed by atoms with Gasteiger partial charge in [-0.25, -0.2) is 0 Å². The highest BCUT2D eigenvalue weighted by atomic mass is 16.5. The summed E-state index contributed by atoms with van der Waals surface area (Å²) in [7, 11) is 1.60. The second kappa shape index (κ2) is 6.33. The molecule has 3 aliphatic heterocycles. The Labute approximate surface area is 147 Å². The molecule has 4 rings (SSSR count). The molecule has 3 heterocycles. The molecule has 1 aromatic rings. The molecular formula is C19H24N2O4. The molecule has 6 heteroatoms. The van der Waals surface area contributed by atoms with E-state index in [1.807, 2.05) is 17.0 Å². The van der Waals surface area contributed by atoms with Gasteiger partial charge < -0.3 is 19.7 Å². The van der Waals surface area contributed by atoms with Gasteiger partial charge in [-0.3, -0.25) is 9.59 Å². The summed E-state index contributed by atoms with van der Waals surface area (Å²) in [5.74, 6) is 0.197. The minimum Gasteiger partial charge on any atom is -0.497 e. The molecule has 25 heavy (non-hydrogen) atoms. The topological polar surface area (TPSA) is 67.9 Å². The molecule has 1 unspecified atom stereocenters. The van der Waals surface area contributed by atoms with E-state index in [1.54, 1.807) is 13.2 Å². The first kappa shape index (κ1) is 16.4. The van der Waals surface area contributed by atoms with Gasteiger partial charge in [0, 0.05) is 31.8 Å². The maximum atomic E-state index is 13.1. The number of nitrogens with zero attached hydrogens (tertiary/aromatic N) is 1. The molecule has 0 saturated carbocycles. The van der Waals surface area contributed by atoms with Crippen molar-refractivity contribution >= 4 is 17.5 Å². The summed E-state index contributed by atoms with van der Waals surface area (Å²) in [6.45, 7) is 2.25. The molecule has 2 amide bonds. The molecule has 1 spiro atoms. The predicted octanol–water partition coefficient (Wildman–Crippen LogP) is 2.29. The van der Waals surface area contributed by atoms with Crippen LogP contribution in [0.15, 0.2) is 18.2 Å². The van der Waals surface area contributed by atoms with Crippen LogP contribution in [-0.4, -0.2) is 49.1 Å². The van der Waals surface area contributed by atoms with Gasteiger partial charge in [0.05, 0.1) is 18.6 Å². The number of piperidine rings is 1. The number of amides is 2. The van der Waals surface area contributed by atoms with E-state index in [9.17, 15) is 9.59 Å². The van der Waals surface area contributed by atoms with Crippen LogP contribution in [0.4, 0.5) is 5.69 Å². The zero-order chi connectivity index (χ0) is 17.4. The fourth-order valence-corrected chi connectivity index (χ4v) is 4.29. The first-order valence-corrected chi connectivity index (χ1v) is 9.01. The summed E-state index contributed by atoms with van der Waals surface area (Å²) >= 11 is 0. The van der Waals surface area contributed by atoms with Crippen molar-refractivity contribution in [3.63, 3.8) is 0 Å². The van der Waals surface area contributed by atoms with Crippen molar-refractivity contribution in [1.82, 2.24) is 4.90 Å². The van der Waals surface area contributed by atoms with Crippen LogP contribution >= 0.6 is 0 Å². The fraction of sp³-hybridized carbons (Fsp3) is 0.579. The molecular weight excluding hydrogens is 320 g/mol. The van der Waals surface area contributed by atoms with Crippen molar-refractivity contribution in [1.29, 1.82) is 0 Å². The highest BCUT2D eigenvalue weighted by Gasteiger charge is 2.41. The lowest BCUT2D eigenvalue weighted by molar-refractivity contribution is -0.139. The van der Waals surface area contributed by atoms with Gasteiger partial charge in [0.25, 0.3) is 0 Å². The molecule has 134 valence electrons. The minimum atomic E-state index is -0.433. The predicted molar refractivity (Wildman–Crippen MR) is 92.7 cm³/mol. The van der Waals surface area contributed by atoms with Gasteiger partial charge in [0.15, 0.2) is 0 Å². The molecule has 0 radical (unpaired) electrons. The molecule has 1 aromatic carbocycles. The molecule has 1 atom stereocenters. The van der Waals surface area contributed by atoms with Crippen molar-refractivity contribution in [2.45, 2.75) is 43.6 Å². The molecule has 6 nitrogen and oxygen atoms in total. The van der Waals surface area contributed by atoms with Crippen LogP contribution in [0, 0.1) is 0 Å². The SMILES string of the molecule is COc1ccc2c(c1)C(C(=O)N1CCC3(CCCO3)CC1)CC(=O)N2. The number of carbonyl (C=O) groups excluding carboxylic acids is 2. The normalized spacial score (nSPS) is 24.8. The highest BCUT2D eigenvalue weighted by molar-refractivity contribution is 6.01. The number of hydrogen-bond acceptors (Lipinski definition) is 4. The van der Waals surface area contributed by atoms with E-state index >= 15 is 0 Å². The van der Waals surface area contributed by atoms with Gasteiger partial charge in [-0.2, -0.15) is 0 Å². The van der Waals surface area contributed by atoms with Gasteiger partial charge in [-0.1, -0.05) is 0 Å². The van der Waals surface area contributed by atoms with E-state index in [0.29, 0.717) is 24.5 Å². The van der Waals surface area contributed by atoms with E-state index in [1.165, 1.54) is 0 Å². The number of nitrogens with one attached hydrogen (secondary N) is 1. The lowest BCUT2D eigenvalue weighted by Crippen LogP contribution is -2.48. The van der Waals surface area contributed by atoms with E-state index in [2.05, 4.69) is 5.32 Å². The van der Waals surface area contributed by atoms with Crippen LogP contribution in [0.5, 0.6) is 5.75 Å². The van der Waals surface area contributed by atoms with Crippen LogP contribution in [0.3, 0.4) is 0 Å². The first-order chi connectivity index (χ1) is 12.1. The van der Waals surface area contributed by atoms with E-state index < -0.39 is 5.92 Å². The van der Waals surface area contributed by atoms with Crippen LogP contribution in [0.1, 0.15) is 43.6 Å². The Morgan fingerprint density at radius 1 is 1.32 bits per heavy atom. The van der Waals surface area contributed by atoms with Crippen LogP contribution < -0.4 is 10.1 Å². The Hall–Kier alpha value is -2.08. The third-order valence-electron chi connectivity index (χ3n) is 5.77. The zero-order valence-electron chi connectivity index (χ0n) is 14.5. The maximum absolute atomic E-state index is 13.1. The van der Waals surface area contributed by atoms with Crippen molar-refractivity contribution in [3.8, 4) is 5.75 Å². The number of fused-ring (bicyclic) bond motifs is 1. The van der Waals surface area contributed by atoms with Gasteiger partial charge in [0.1, 0.15) is 5.75 Å². The molecule has 1 N–H and O–H groups in total. The molecule has 0 aliphatic carbocycles. The minimum absolute atomic E-state index is 0.0121. The Bertz CT molecular complexity index is 687. The monoisotopic (exact) mass is 344 g/mol. The lowest BCUT2D eigenvalue weighted by atomic mass is 9.85. The maximum Gasteiger partial charge on any atom is 0.230 e. The average Bonchev–Trinajstić information content (AvgIpc) is 3.08. The summed E-state index contributed by atoms with van der Waals surface area (Å²) in [5, 5.41) is 2.85. The van der Waals surface area contributed by atoms with Gasteiger partial charge >= 0.3 is 0 Å². The van der Waals surface area contributed by atoms with E-state index in [4.69, 9.17) is 9.47 Å². The number of anilines is 1. The molecule has 0 bridgehead atoms. The summed E-state index contributed by atoms with van der Waals surface area (Å²) in [4.78, 5) is 27.1. The quantitative estimate of drug-likeness (QED) is 0.894. The highest BCUT2D eigenvalue weighted by Crippen LogP contribution is 2.39.